The molecule has 1 saturated heterocycles. The molecule has 3 aromatic rings. The topological polar surface area (TPSA) is 53.0 Å². The fourth-order valence-corrected chi connectivity index (χ4v) is 5.08. The van der Waals surface area contributed by atoms with Gasteiger partial charge in [0.1, 0.15) is 0 Å². The number of carbonyl (C=O) groups excluding carboxylic acids is 2. The van der Waals surface area contributed by atoms with Gasteiger partial charge in [-0.2, -0.15) is 0 Å². The number of fused-ring (bicyclic) bond motifs is 1. The third kappa shape index (κ3) is 3.15. The number of benzene rings is 3. The molecule has 2 amide bonds. The molecule has 0 saturated carbocycles. The summed E-state index contributed by atoms with van der Waals surface area (Å²) in [4.78, 5) is 35.4. The van der Waals surface area contributed by atoms with Crippen LogP contribution in [0.5, 0.6) is 0 Å². The van der Waals surface area contributed by atoms with E-state index in [9.17, 15) is 9.59 Å². The first-order valence-corrected chi connectivity index (χ1v) is 11.1. The van der Waals surface area contributed by atoms with E-state index in [2.05, 4.69) is 0 Å². The summed E-state index contributed by atoms with van der Waals surface area (Å²) >= 11 is 1.26. The minimum absolute atomic E-state index is 0.177. The molecule has 1 fully saturated rings. The number of anilines is 2. The Bertz CT molecular complexity index is 1340. The average molecular weight is 440 g/mol. The second-order valence-corrected chi connectivity index (χ2v) is 8.77. The Balaban J connectivity index is 1.73. The van der Waals surface area contributed by atoms with Crippen molar-refractivity contribution in [1.29, 1.82) is 0 Å². The summed E-state index contributed by atoms with van der Waals surface area (Å²) in [7, 11) is 1.74. The van der Waals surface area contributed by atoms with Crippen LogP contribution in [0.15, 0.2) is 82.7 Å². The average Bonchev–Trinajstić information content (AvgIpc) is 3.23. The lowest BCUT2D eigenvalue weighted by molar-refractivity contribution is -0.115. The lowest BCUT2D eigenvalue weighted by Crippen LogP contribution is -2.30. The number of amidine groups is 1. The van der Waals surface area contributed by atoms with Crippen LogP contribution in [0.1, 0.15) is 16.7 Å². The summed E-state index contributed by atoms with van der Waals surface area (Å²) in [5.41, 5.74) is 5.55. The number of nitrogens with zero attached hydrogens (tertiary/aromatic N) is 3. The standard InChI is InChI=1S/C26H21N3O2S/c1-16-10-4-7-13-19(16)27-26-29(20-14-8-5-11-17(20)2)25(31)23(32-26)22-18-12-6-9-15-21(18)28(3)24(22)30/h4-15H,1-3H3/b23-22-,27-26?. The van der Waals surface area contributed by atoms with Gasteiger partial charge in [-0.15, -0.1) is 0 Å². The van der Waals surface area contributed by atoms with Gasteiger partial charge in [0.25, 0.3) is 11.8 Å². The molecule has 2 aliphatic rings. The lowest BCUT2D eigenvalue weighted by atomic mass is 10.1. The van der Waals surface area contributed by atoms with Crippen LogP contribution in [0.25, 0.3) is 5.57 Å². The molecule has 0 bridgehead atoms. The largest absolute Gasteiger partial charge is 0.311 e. The maximum absolute atomic E-state index is 13.8. The number of rotatable bonds is 2. The van der Waals surface area contributed by atoms with E-state index in [1.165, 1.54) is 11.8 Å². The number of aryl methyl sites for hydroxylation is 2. The van der Waals surface area contributed by atoms with E-state index in [0.717, 1.165) is 33.8 Å². The van der Waals surface area contributed by atoms with E-state index < -0.39 is 0 Å². The molecule has 0 aromatic heterocycles. The SMILES string of the molecule is Cc1ccccc1N=C1S/C(=C2\C(=O)N(C)c3ccccc32)C(=O)N1c1ccccc1C. The van der Waals surface area contributed by atoms with Crippen molar-refractivity contribution in [2.24, 2.45) is 4.99 Å². The van der Waals surface area contributed by atoms with Gasteiger partial charge in [-0.3, -0.25) is 14.5 Å². The molecule has 5 nitrogen and oxygen atoms in total. The Kier molecular flexibility index (Phi) is 4.94. The third-order valence-electron chi connectivity index (χ3n) is 5.75. The fourth-order valence-electron chi connectivity index (χ4n) is 4.01. The van der Waals surface area contributed by atoms with Crippen LogP contribution in [-0.2, 0) is 9.59 Å². The van der Waals surface area contributed by atoms with Crippen LogP contribution in [-0.4, -0.2) is 24.0 Å². The Morgan fingerprint density at radius 2 is 1.38 bits per heavy atom. The zero-order valence-corrected chi connectivity index (χ0v) is 18.8. The van der Waals surface area contributed by atoms with Gasteiger partial charge in [-0.05, 0) is 54.9 Å². The van der Waals surface area contributed by atoms with Crippen molar-refractivity contribution in [2.75, 3.05) is 16.8 Å². The molecule has 5 rings (SSSR count). The monoisotopic (exact) mass is 439 g/mol. The third-order valence-corrected chi connectivity index (χ3v) is 6.79. The number of carbonyl (C=O) groups is 2. The Morgan fingerprint density at radius 3 is 2.09 bits per heavy atom. The second kappa shape index (κ2) is 7.80. The first-order valence-electron chi connectivity index (χ1n) is 10.3. The number of para-hydroxylation sites is 3. The normalized spacial score (nSPS) is 19.3. The highest BCUT2D eigenvalue weighted by Crippen LogP contribution is 2.46. The molecule has 2 aliphatic heterocycles. The molecule has 6 heteroatoms. The molecule has 2 heterocycles. The molecule has 158 valence electrons. The predicted octanol–water partition coefficient (Wildman–Crippen LogP) is 5.46. The summed E-state index contributed by atoms with van der Waals surface area (Å²) in [6, 6.07) is 23.1. The van der Waals surface area contributed by atoms with Gasteiger partial charge in [0.15, 0.2) is 5.17 Å². The first kappa shape index (κ1) is 20.3. The van der Waals surface area contributed by atoms with Crippen molar-refractivity contribution < 1.29 is 9.59 Å². The number of aliphatic imine (C=N–C) groups is 1. The summed E-state index contributed by atoms with van der Waals surface area (Å²) in [6.45, 7) is 3.96. The van der Waals surface area contributed by atoms with Gasteiger partial charge in [-0.1, -0.05) is 54.6 Å². The quantitative estimate of drug-likeness (QED) is 0.498. The highest BCUT2D eigenvalue weighted by Gasteiger charge is 2.42. The number of hydrogen-bond acceptors (Lipinski definition) is 4. The van der Waals surface area contributed by atoms with E-state index in [1.807, 2.05) is 86.6 Å². The van der Waals surface area contributed by atoms with Gasteiger partial charge < -0.3 is 4.90 Å². The van der Waals surface area contributed by atoms with Crippen LogP contribution < -0.4 is 9.80 Å². The molecule has 0 atom stereocenters. The molecular weight excluding hydrogens is 418 g/mol. The van der Waals surface area contributed by atoms with Gasteiger partial charge in [0.05, 0.1) is 27.5 Å². The Morgan fingerprint density at radius 1 is 0.750 bits per heavy atom. The molecular formula is C26H21N3O2S. The molecule has 0 aliphatic carbocycles. The van der Waals surface area contributed by atoms with Crippen LogP contribution in [0.2, 0.25) is 0 Å². The van der Waals surface area contributed by atoms with Crippen molar-refractivity contribution in [2.45, 2.75) is 13.8 Å². The van der Waals surface area contributed by atoms with E-state index in [-0.39, 0.29) is 11.8 Å². The number of likely N-dealkylation sites (N-methyl/N-ethyl adjacent to an activating group) is 1. The second-order valence-electron chi connectivity index (χ2n) is 7.80. The van der Waals surface area contributed by atoms with Crippen molar-refractivity contribution in [3.63, 3.8) is 0 Å². The van der Waals surface area contributed by atoms with E-state index >= 15 is 0 Å². The van der Waals surface area contributed by atoms with Gasteiger partial charge >= 0.3 is 0 Å². The van der Waals surface area contributed by atoms with Gasteiger partial charge in [0.2, 0.25) is 0 Å². The predicted molar refractivity (Wildman–Crippen MR) is 131 cm³/mol. The molecule has 0 radical (unpaired) electrons. The zero-order chi connectivity index (χ0) is 22.4. The lowest BCUT2D eigenvalue weighted by Gasteiger charge is -2.18. The summed E-state index contributed by atoms with van der Waals surface area (Å²) < 4.78 is 0. The van der Waals surface area contributed by atoms with Crippen LogP contribution >= 0.6 is 11.8 Å². The van der Waals surface area contributed by atoms with E-state index in [1.54, 1.807) is 16.8 Å². The van der Waals surface area contributed by atoms with Crippen molar-refractivity contribution in [3.05, 3.63) is 94.4 Å². The summed E-state index contributed by atoms with van der Waals surface area (Å²) in [5, 5.41) is 0.543. The number of amides is 2. The fraction of sp³-hybridized carbons (Fsp3) is 0.115. The summed E-state index contributed by atoms with van der Waals surface area (Å²) in [5.74, 6) is -0.408. The Labute approximate surface area is 191 Å². The Hall–Kier alpha value is -3.64. The summed E-state index contributed by atoms with van der Waals surface area (Å²) in [6.07, 6.45) is 0. The minimum atomic E-state index is -0.231. The van der Waals surface area contributed by atoms with Crippen LogP contribution in [0.4, 0.5) is 17.1 Å². The van der Waals surface area contributed by atoms with Gasteiger partial charge in [0, 0.05) is 12.6 Å². The van der Waals surface area contributed by atoms with Crippen LogP contribution in [0.3, 0.4) is 0 Å². The van der Waals surface area contributed by atoms with E-state index in [4.69, 9.17) is 4.99 Å². The minimum Gasteiger partial charge on any atom is -0.311 e. The first-order chi connectivity index (χ1) is 15.5. The maximum atomic E-state index is 13.8. The van der Waals surface area contributed by atoms with Crippen molar-refractivity contribution in [1.82, 2.24) is 0 Å². The molecule has 0 unspecified atom stereocenters. The molecule has 3 aromatic carbocycles. The maximum Gasteiger partial charge on any atom is 0.272 e. The van der Waals surface area contributed by atoms with Crippen molar-refractivity contribution in [3.8, 4) is 0 Å². The van der Waals surface area contributed by atoms with E-state index in [0.29, 0.717) is 15.6 Å². The molecule has 0 spiro atoms. The van der Waals surface area contributed by atoms with Crippen LogP contribution in [0, 0.1) is 13.8 Å². The highest BCUT2D eigenvalue weighted by atomic mass is 32.2. The number of thioether (sulfide) groups is 1. The van der Waals surface area contributed by atoms with Crippen molar-refractivity contribution >= 4 is 51.4 Å². The molecule has 0 N–H and O–H groups in total. The van der Waals surface area contributed by atoms with Gasteiger partial charge in [-0.25, -0.2) is 4.99 Å². The molecule has 32 heavy (non-hydrogen) atoms. The number of hydrogen-bond donors (Lipinski definition) is 0. The zero-order valence-electron chi connectivity index (χ0n) is 18.0. The smallest absolute Gasteiger partial charge is 0.272 e. The highest BCUT2D eigenvalue weighted by molar-refractivity contribution is 8.19.